The summed E-state index contributed by atoms with van der Waals surface area (Å²) in [5, 5.41) is 8.59. The third-order valence-electron chi connectivity index (χ3n) is 5.59. The molecule has 3 rings (SSSR count). The van der Waals surface area contributed by atoms with E-state index in [-0.39, 0.29) is 23.6 Å². The minimum Gasteiger partial charge on any atom is -0.326 e. The fraction of sp³-hybridized carbons (Fsp3) is 0.375. The number of anilines is 3. The third kappa shape index (κ3) is 6.65. The van der Waals surface area contributed by atoms with Crippen LogP contribution in [0.1, 0.15) is 30.9 Å². The van der Waals surface area contributed by atoms with Crippen molar-refractivity contribution in [3.63, 3.8) is 0 Å². The van der Waals surface area contributed by atoms with Gasteiger partial charge in [-0.2, -0.15) is 0 Å². The summed E-state index contributed by atoms with van der Waals surface area (Å²) in [4.78, 5) is 38.1. The predicted molar refractivity (Wildman–Crippen MR) is 123 cm³/mol. The Kier molecular flexibility index (Phi) is 7.41. The SMILES string of the molecule is CC(=O)Nc1ccc(NC(=O)C2CCN(CC(=O)Nc3ccc(C)c(C)c3)CC2)cc1. The fourth-order valence-electron chi connectivity index (χ4n) is 3.66. The maximum Gasteiger partial charge on any atom is 0.238 e. The van der Waals surface area contributed by atoms with Crippen LogP contribution in [0.25, 0.3) is 0 Å². The van der Waals surface area contributed by atoms with E-state index in [4.69, 9.17) is 0 Å². The van der Waals surface area contributed by atoms with Crippen molar-refractivity contribution in [2.24, 2.45) is 5.92 Å². The minimum atomic E-state index is -0.133. The first kappa shape index (κ1) is 22.5. The second-order valence-electron chi connectivity index (χ2n) is 8.15. The van der Waals surface area contributed by atoms with Crippen molar-refractivity contribution in [1.82, 2.24) is 4.90 Å². The second-order valence-corrected chi connectivity index (χ2v) is 8.15. The lowest BCUT2D eigenvalue weighted by molar-refractivity contribution is -0.121. The molecule has 0 saturated carbocycles. The minimum absolute atomic E-state index is 0.00786. The van der Waals surface area contributed by atoms with Crippen molar-refractivity contribution in [3.8, 4) is 0 Å². The van der Waals surface area contributed by atoms with Gasteiger partial charge in [-0.25, -0.2) is 0 Å². The van der Waals surface area contributed by atoms with Crippen molar-refractivity contribution in [3.05, 3.63) is 53.6 Å². The molecule has 0 aliphatic carbocycles. The van der Waals surface area contributed by atoms with Crippen molar-refractivity contribution < 1.29 is 14.4 Å². The van der Waals surface area contributed by atoms with Crippen LogP contribution in [-0.4, -0.2) is 42.3 Å². The highest BCUT2D eigenvalue weighted by atomic mass is 16.2. The quantitative estimate of drug-likeness (QED) is 0.664. The molecule has 1 heterocycles. The van der Waals surface area contributed by atoms with E-state index in [9.17, 15) is 14.4 Å². The van der Waals surface area contributed by atoms with Crippen LogP contribution in [0.15, 0.2) is 42.5 Å². The zero-order valence-corrected chi connectivity index (χ0v) is 18.3. The molecule has 1 aliphatic heterocycles. The van der Waals surface area contributed by atoms with Crippen molar-refractivity contribution in [1.29, 1.82) is 0 Å². The molecule has 3 N–H and O–H groups in total. The smallest absolute Gasteiger partial charge is 0.238 e. The number of aryl methyl sites for hydroxylation is 2. The number of amides is 3. The van der Waals surface area contributed by atoms with E-state index in [1.807, 2.05) is 32.0 Å². The molecule has 7 nitrogen and oxygen atoms in total. The summed E-state index contributed by atoms with van der Waals surface area (Å²) in [5.41, 5.74) is 4.55. The van der Waals surface area contributed by atoms with Crippen LogP contribution in [0, 0.1) is 19.8 Å². The van der Waals surface area contributed by atoms with Gasteiger partial charge in [0.25, 0.3) is 0 Å². The number of benzene rings is 2. The molecule has 0 unspecified atom stereocenters. The van der Waals surface area contributed by atoms with Crippen LogP contribution in [0.3, 0.4) is 0 Å². The zero-order valence-electron chi connectivity index (χ0n) is 18.3. The predicted octanol–water partition coefficient (Wildman–Crippen LogP) is 3.55. The lowest BCUT2D eigenvalue weighted by atomic mass is 9.95. The van der Waals surface area contributed by atoms with Crippen LogP contribution in [-0.2, 0) is 14.4 Å². The number of carbonyl (C=O) groups excluding carboxylic acids is 3. The molecule has 2 aromatic rings. The Morgan fingerprint density at radius 1 is 0.839 bits per heavy atom. The van der Waals surface area contributed by atoms with Crippen LogP contribution < -0.4 is 16.0 Å². The van der Waals surface area contributed by atoms with E-state index in [2.05, 4.69) is 20.9 Å². The monoisotopic (exact) mass is 422 g/mol. The van der Waals surface area contributed by atoms with Crippen LogP contribution in [0.5, 0.6) is 0 Å². The number of nitrogens with one attached hydrogen (secondary N) is 3. The highest BCUT2D eigenvalue weighted by Gasteiger charge is 2.26. The molecule has 164 valence electrons. The third-order valence-corrected chi connectivity index (χ3v) is 5.59. The highest BCUT2D eigenvalue weighted by molar-refractivity contribution is 5.94. The van der Waals surface area contributed by atoms with Crippen LogP contribution in [0.4, 0.5) is 17.1 Å². The Morgan fingerprint density at radius 2 is 1.42 bits per heavy atom. The van der Waals surface area contributed by atoms with Gasteiger partial charge in [-0.05, 0) is 87.3 Å². The Labute approximate surface area is 183 Å². The highest BCUT2D eigenvalue weighted by Crippen LogP contribution is 2.21. The second kappa shape index (κ2) is 10.2. The summed E-state index contributed by atoms with van der Waals surface area (Å²) in [6.45, 7) is 7.26. The summed E-state index contributed by atoms with van der Waals surface area (Å²) < 4.78 is 0. The molecule has 3 amide bonds. The lowest BCUT2D eigenvalue weighted by Crippen LogP contribution is -2.41. The van der Waals surface area contributed by atoms with E-state index < -0.39 is 0 Å². The van der Waals surface area contributed by atoms with Gasteiger partial charge in [0.2, 0.25) is 17.7 Å². The molecule has 0 spiro atoms. The fourth-order valence-corrected chi connectivity index (χ4v) is 3.66. The zero-order chi connectivity index (χ0) is 22.4. The van der Waals surface area contributed by atoms with Gasteiger partial charge in [0.05, 0.1) is 6.54 Å². The molecule has 1 fully saturated rings. The molecule has 31 heavy (non-hydrogen) atoms. The van der Waals surface area contributed by atoms with Crippen LogP contribution >= 0.6 is 0 Å². The van der Waals surface area contributed by atoms with E-state index in [0.717, 1.165) is 11.3 Å². The van der Waals surface area contributed by atoms with Crippen molar-refractivity contribution in [2.45, 2.75) is 33.6 Å². The lowest BCUT2D eigenvalue weighted by Gasteiger charge is -2.30. The Bertz CT molecular complexity index is 948. The van der Waals surface area contributed by atoms with Gasteiger partial charge in [0.15, 0.2) is 0 Å². The molecule has 2 aromatic carbocycles. The van der Waals surface area contributed by atoms with Gasteiger partial charge < -0.3 is 16.0 Å². The van der Waals surface area contributed by atoms with Gasteiger partial charge in [0.1, 0.15) is 0 Å². The summed E-state index contributed by atoms with van der Waals surface area (Å²) in [6, 6.07) is 13.0. The first-order valence-corrected chi connectivity index (χ1v) is 10.6. The summed E-state index contributed by atoms with van der Waals surface area (Å²) in [6.07, 6.45) is 1.43. The molecule has 0 aromatic heterocycles. The van der Waals surface area contributed by atoms with Gasteiger partial charge in [-0.15, -0.1) is 0 Å². The molecule has 7 heteroatoms. The number of nitrogens with zero attached hydrogens (tertiary/aromatic N) is 1. The summed E-state index contributed by atoms with van der Waals surface area (Å²) >= 11 is 0. The Hall–Kier alpha value is -3.19. The maximum absolute atomic E-state index is 12.6. The summed E-state index contributed by atoms with van der Waals surface area (Å²) in [7, 11) is 0. The number of carbonyl (C=O) groups is 3. The van der Waals surface area contributed by atoms with E-state index in [1.54, 1.807) is 24.3 Å². The number of piperidine rings is 1. The normalized spacial score (nSPS) is 14.7. The van der Waals surface area contributed by atoms with Gasteiger partial charge in [-0.1, -0.05) is 6.07 Å². The van der Waals surface area contributed by atoms with Crippen molar-refractivity contribution >= 4 is 34.8 Å². The topological polar surface area (TPSA) is 90.5 Å². The molecule has 1 saturated heterocycles. The molecular weight excluding hydrogens is 392 g/mol. The van der Waals surface area contributed by atoms with Crippen LogP contribution in [0.2, 0.25) is 0 Å². The first-order valence-electron chi connectivity index (χ1n) is 10.6. The van der Waals surface area contributed by atoms with Gasteiger partial charge in [-0.3, -0.25) is 19.3 Å². The molecular formula is C24H30N4O3. The summed E-state index contributed by atoms with van der Waals surface area (Å²) in [5.74, 6) is -0.253. The van der Waals surface area contributed by atoms with E-state index in [0.29, 0.717) is 43.9 Å². The number of likely N-dealkylation sites (tertiary alicyclic amines) is 1. The first-order chi connectivity index (χ1) is 14.8. The molecule has 1 aliphatic rings. The van der Waals surface area contributed by atoms with Crippen molar-refractivity contribution in [2.75, 3.05) is 35.6 Å². The maximum atomic E-state index is 12.6. The molecule has 0 atom stereocenters. The van der Waals surface area contributed by atoms with E-state index in [1.165, 1.54) is 12.5 Å². The molecule has 0 bridgehead atoms. The van der Waals surface area contributed by atoms with Gasteiger partial charge in [0, 0.05) is 29.9 Å². The largest absolute Gasteiger partial charge is 0.326 e. The Morgan fingerprint density at radius 3 is 2.00 bits per heavy atom. The Balaban J connectivity index is 1.43. The number of rotatable bonds is 6. The average molecular weight is 423 g/mol. The number of hydrogen-bond acceptors (Lipinski definition) is 4. The van der Waals surface area contributed by atoms with E-state index >= 15 is 0 Å². The van der Waals surface area contributed by atoms with Gasteiger partial charge >= 0.3 is 0 Å². The standard InChI is InChI=1S/C24H30N4O3/c1-16-4-5-22(14-17(16)2)26-23(30)15-28-12-10-19(11-13-28)24(31)27-21-8-6-20(7-9-21)25-18(3)29/h4-9,14,19H,10-13,15H2,1-3H3,(H,25,29)(H,26,30)(H,27,31). The molecule has 0 radical (unpaired) electrons. The number of hydrogen-bond donors (Lipinski definition) is 3. The average Bonchev–Trinajstić information content (AvgIpc) is 2.72.